The molecule has 7 heteroatoms. The van der Waals surface area contributed by atoms with Crippen LogP contribution < -0.4 is 21.7 Å². The van der Waals surface area contributed by atoms with Crippen LogP contribution in [0.1, 0.15) is 49.5 Å². The number of hydrogen-bond acceptors (Lipinski definition) is 4. The summed E-state index contributed by atoms with van der Waals surface area (Å²) in [4.78, 5) is 37.6. The number of primary amides is 1. The quantitative estimate of drug-likeness (QED) is 0.609. The van der Waals surface area contributed by atoms with Crippen LogP contribution in [-0.4, -0.2) is 29.8 Å². The van der Waals surface area contributed by atoms with Crippen molar-refractivity contribution in [3.8, 4) is 0 Å². The monoisotopic (exact) mass is 420 g/mol. The maximum atomic E-state index is 13.3. The molecule has 3 atom stereocenters. The summed E-state index contributed by atoms with van der Waals surface area (Å²) in [6.07, 6.45) is 1.12. The second-order valence-corrected chi connectivity index (χ2v) is 9.64. The second-order valence-electron chi connectivity index (χ2n) is 9.64. The van der Waals surface area contributed by atoms with Crippen molar-refractivity contribution in [1.82, 2.24) is 5.32 Å². The van der Waals surface area contributed by atoms with Crippen LogP contribution in [0.2, 0.25) is 0 Å². The molecule has 4 rings (SSSR count). The molecular weight excluding hydrogens is 392 g/mol. The number of benzene rings is 2. The van der Waals surface area contributed by atoms with Gasteiger partial charge in [0.1, 0.15) is 0 Å². The van der Waals surface area contributed by atoms with E-state index in [4.69, 9.17) is 5.73 Å². The van der Waals surface area contributed by atoms with Gasteiger partial charge in [-0.25, -0.2) is 0 Å². The van der Waals surface area contributed by atoms with Crippen molar-refractivity contribution >= 4 is 29.1 Å². The molecule has 31 heavy (non-hydrogen) atoms. The Morgan fingerprint density at radius 3 is 2.45 bits per heavy atom. The minimum atomic E-state index is -0.790. The van der Waals surface area contributed by atoms with Gasteiger partial charge in [-0.3, -0.25) is 14.4 Å². The smallest absolute Gasteiger partial charge is 0.248 e. The largest absolute Gasteiger partial charge is 0.366 e. The van der Waals surface area contributed by atoms with Crippen LogP contribution in [0.25, 0.3) is 0 Å². The molecule has 1 spiro atoms. The Morgan fingerprint density at radius 2 is 1.81 bits per heavy atom. The average molecular weight is 421 g/mol. The molecule has 7 nitrogen and oxygen atoms in total. The van der Waals surface area contributed by atoms with Gasteiger partial charge in [0.25, 0.3) is 0 Å². The summed E-state index contributed by atoms with van der Waals surface area (Å²) >= 11 is 0. The lowest BCUT2D eigenvalue weighted by molar-refractivity contribution is -0.121. The number of carbonyl (C=O) groups is 3. The molecule has 2 aromatic rings. The van der Waals surface area contributed by atoms with Crippen LogP contribution in [0.4, 0.5) is 11.4 Å². The van der Waals surface area contributed by atoms with Gasteiger partial charge in [-0.05, 0) is 54.2 Å². The van der Waals surface area contributed by atoms with Crippen molar-refractivity contribution in [1.29, 1.82) is 0 Å². The van der Waals surface area contributed by atoms with Crippen LogP contribution in [0.5, 0.6) is 0 Å². The molecule has 0 saturated carbocycles. The first kappa shape index (κ1) is 21.1. The topological polar surface area (TPSA) is 113 Å². The highest BCUT2D eigenvalue weighted by atomic mass is 16.2. The number of rotatable bonds is 4. The molecular formula is C24H28N4O3. The van der Waals surface area contributed by atoms with Crippen molar-refractivity contribution in [3.63, 3.8) is 0 Å². The Bertz CT molecular complexity index is 1040. The molecule has 0 radical (unpaired) electrons. The summed E-state index contributed by atoms with van der Waals surface area (Å²) in [6, 6.07) is 13.5. The van der Waals surface area contributed by atoms with E-state index in [1.165, 1.54) is 0 Å². The molecule has 5 N–H and O–H groups in total. The minimum absolute atomic E-state index is 0.0293. The maximum Gasteiger partial charge on any atom is 0.248 e. The zero-order valence-corrected chi connectivity index (χ0v) is 18.0. The van der Waals surface area contributed by atoms with E-state index in [1.54, 1.807) is 24.3 Å². The van der Waals surface area contributed by atoms with E-state index in [0.29, 0.717) is 17.7 Å². The fraction of sp³-hybridized carbons (Fsp3) is 0.375. The van der Waals surface area contributed by atoms with Crippen LogP contribution in [-0.2, 0) is 15.0 Å². The highest BCUT2D eigenvalue weighted by molar-refractivity contribution is 6.08. The van der Waals surface area contributed by atoms with Gasteiger partial charge in [0.2, 0.25) is 17.7 Å². The van der Waals surface area contributed by atoms with Gasteiger partial charge in [-0.1, -0.05) is 39.0 Å². The van der Waals surface area contributed by atoms with Gasteiger partial charge in [-0.15, -0.1) is 0 Å². The number of carbonyl (C=O) groups excluding carboxylic acids is 3. The fourth-order valence-corrected chi connectivity index (χ4v) is 4.76. The maximum absolute atomic E-state index is 13.3. The van der Waals surface area contributed by atoms with E-state index in [0.717, 1.165) is 17.7 Å². The van der Waals surface area contributed by atoms with Crippen LogP contribution in [0, 0.1) is 5.41 Å². The van der Waals surface area contributed by atoms with Crippen LogP contribution >= 0.6 is 0 Å². The number of nitrogens with one attached hydrogen (secondary N) is 3. The van der Waals surface area contributed by atoms with Gasteiger partial charge in [-0.2, -0.15) is 0 Å². The van der Waals surface area contributed by atoms with Gasteiger partial charge in [0.05, 0.1) is 11.5 Å². The second kappa shape index (κ2) is 7.50. The van der Waals surface area contributed by atoms with E-state index in [-0.39, 0.29) is 23.3 Å². The van der Waals surface area contributed by atoms with E-state index in [1.807, 2.05) is 24.3 Å². The molecule has 2 aromatic carbocycles. The van der Waals surface area contributed by atoms with Crippen molar-refractivity contribution < 1.29 is 14.4 Å². The lowest BCUT2D eigenvalue weighted by Crippen LogP contribution is -2.48. The van der Waals surface area contributed by atoms with Crippen molar-refractivity contribution in [2.75, 3.05) is 10.6 Å². The minimum Gasteiger partial charge on any atom is -0.366 e. The molecule has 2 heterocycles. The molecule has 1 saturated heterocycles. The molecule has 0 aromatic heterocycles. The van der Waals surface area contributed by atoms with E-state index >= 15 is 0 Å². The summed E-state index contributed by atoms with van der Waals surface area (Å²) in [5, 5.41) is 9.36. The van der Waals surface area contributed by atoms with Crippen molar-refractivity contribution in [2.45, 2.75) is 51.1 Å². The Hall–Kier alpha value is -3.19. The highest BCUT2D eigenvalue weighted by Gasteiger charge is 2.59. The summed E-state index contributed by atoms with van der Waals surface area (Å²) in [6.45, 7) is 6.40. The molecule has 2 aliphatic rings. The Balaban J connectivity index is 1.61. The normalized spacial score (nSPS) is 24.7. The Labute approximate surface area is 181 Å². The average Bonchev–Trinajstić information content (AvgIpc) is 3.20. The number of amides is 3. The van der Waals surface area contributed by atoms with Crippen LogP contribution in [0.3, 0.4) is 0 Å². The third kappa shape index (κ3) is 3.81. The lowest BCUT2D eigenvalue weighted by Gasteiger charge is -2.33. The van der Waals surface area contributed by atoms with E-state index in [2.05, 4.69) is 36.7 Å². The molecule has 0 aliphatic carbocycles. The molecule has 162 valence electrons. The lowest BCUT2D eigenvalue weighted by atomic mass is 9.70. The molecule has 2 aliphatic heterocycles. The molecule has 0 bridgehead atoms. The predicted octanol–water partition coefficient (Wildman–Crippen LogP) is 2.78. The van der Waals surface area contributed by atoms with Crippen LogP contribution in [0.15, 0.2) is 48.5 Å². The summed E-state index contributed by atoms with van der Waals surface area (Å²) < 4.78 is 0. The van der Waals surface area contributed by atoms with Crippen molar-refractivity contribution in [3.05, 3.63) is 59.7 Å². The predicted molar refractivity (Wildman–Crippen MR) is 120 cm³/mol. The van der Waals surface area contributed by atoms with Gasteiger partial charge < -0.3 is 21.7 Å². The zero-order chi connectivity index (χ0) is 22.4. The fourth-order valence-electron chi connectivity index (χ4n) is 4.76. The number of hydrogen-bond donors (Lipinski definition) is 4. The third-order valence-corrected chi connectivity index (χ3v) is 6.15. The first-order chi connectivity index (χ1) is 14.6. The third-order valence-electron chi connectivity index (χ3n) is 6.15. The number of anilines is 2. The summed E-state index contributed by atoms with van der Waals surface area (Å²) in [5.41, 5.74) is 7.16. The summed E-state index contributed by atoms with van der Waals surface area (Å²) in [7, 11) is 0. The zero-order valence-electron chi connectivity index (χ0n) is 18.0. The highest BCUT2D eigenvalue weighted by Crippen LogP contribution is 2.49. The van der Waals surface area contributed by atoms with E-state index in [9.17, 15) is 14.4 Å². The SMILES string of the molecule is CC(C)(C)CC1NC(C(=O)Nc2ccc(C(N)=O)cc2)CC12C(=O)Nc1ccccc12. The number of para-hydroxylation sites is 1. The molecule has 1 fully saturated rings. The Kier molecular flexibility index (Phi) is 5.09. The first-order valence-electron chi connectivity index (χ1n) is 10.5. The number of fused-ring (bicyclic) bond motifs is 2. The van der Waals surface area contributed by atoms with Gasteiger partial charge in [0.15, 0.2) is 0 Å². The molecule has 3 amide bonds. The van der Waals surface area contributed by atoms with E-state index < -0.39 is 17.4 Å². The summed E-state index contributed by atoms with van der Waals surface area (Å²) in [5.74, 6) is -0.787. The van der Waals surface area contributed by atoms with Gasteiger partial charge in [0, 0.05) is 23.0 Å². The van der Waals surface area contributed by atoms with Crippen molar-refractivity contribution in [2.24, 2.45) is 11.1 Å². The number of nitrogens with two attached hydrogens (primary N) is 1. The molecule has 3 unspecified atom stereocenters. The standard InChI is InChI=1S/C24H28N4O3/c1-23(2,3)13-19-24(16-6-4-5-7-17(16)28-22(24)31)12-18(27-19)21(30)26-15-10-8-14(9-11-15)20(25)29/h4-11,18-19,27H,12-13H2,1-3H3,(H2,25,29)(H,26,30)(H,28,31). The first-order valence-corrected chi connectivity index (χ1v) is 10.5. The Morgan fingerprint density at radius 1 is 1.13 bits per heavy atom. The van der Waals surface area contributed by atoms with Gasteiger partial charge >= 0.3 is 0 Å².